The topological polar surface area (TPSA) is 133 Å². The van der Waals surface area contributed by atoms with E-state index >= 15 is 0 Å². The molecule has 0 saturated carbocycles. The third-order valence-corrected chi connectivity index (χ3v) is 7.38. The van der Waals surface area contributed by atoms with Gasteiger partial charge in [0.25, 0.3) is 0 Å². The number of pyridine rings is 2. The average Bonchev–Trinajstić information content (AvgIpc) is 3.64. The predicted octanol–water partition coefficient (Wildman–Crippen LogP) is 4.22. The number of aromatic nitrogens is 6. The second-order valence-corrected chi connectivity index (χ2v) is 11.4. The molecule has 2 aliphatic heterocycles. The first kappa shape index (κ1) is 27.0. The van der Waals surface area contributed by atoms with Crippen LogP contribution in [-0.2, 0) is 21.9 Å². The molecular weight excluding hydrogens is 526 g/mol. The second-order valence-electron chi connectivity index (χ2n) is 11.4. The first-order valence-electron chi connectivity index (χ1n) is 13.7. The number of anilines is 3. The molecule has 2 saturated heterocycles. The number of ether oxygens (including phenoxy) is 3. The van der Waals surface area contributed by atoms with Crippen LogP contribution in [-0.4, -0.2) is 79.7 Å². The Hall–Kier alpha value is -4.23. The monoisotopic (exact) mass is 561 g/mol. The molecule has 0 spiro atoms. The number of likely N-dealkylation sites (tertiary alicyclic amines) is 1. The summed E-state index contributed by atoms with van der Waals surface area (Å²) in [4.78, 5) is 27.5. The number of fused-ring (bicyclic) bond motifs is 1. The first-order chi connectivity index (χ1) is 19.7. The lowest BCUT2D eigenvalue weighted by Gasteiger charge is -2.37. The SMILES string of the molecule is COC1CN(C(=O)Nc2cc(Oc3cnc4nc(Nc5cc(C(C)(C)C)n(C6CCOC6)n5)n(C)c4c3)ccn2)C1. The van der Waals surface area contributed by atoms with Crippen LogP contribution in [0.4, 0.5) is 22.4 Å². The molecule has 2 fully saturated rings. The van der Waals surface area contributed by atoms with Gasteiger partial charge in [0.05, 0.1) is 43.6 Å². The van der Waals surface area contributed by atoms with E-state index in [1.165, 1.54) is 0 Å². The minimum absolute atomic E-state index is 0.0761. The fourth-order valence-electron chi connectivity index (χ4n) is 4.96. The van der Waals surface area contributed by atoms with Crippen LogP contribution in [0.25, 0.3) is 11.2 Å². The summed E-state index contributed by atoms with van der Waals surface area (Å²) in [7, 11) is 3.56. The molecule has 13 nitrogen and oxygen atoms in total. The minimum Gasteiger partial charge on any atom is -0.455 e. The highest BCUT2D eigenvalue weighted by Crippen LogP contribution is 2.32. The van der Waals surface area contributed by atoms with Crippen LogP contribution >= 0.6 is 0 Å². The van der Waals surface area contributed by atoms with Gasteiger partial charge in [0.2, 0.25) is 5.95 Å². The van der Waals surface area contributed by atoms with E-state index in [9.17, 15) is 4.79 Å². The zero-order valence-electron chi connectivity index (χ0n) is 23.9. The Labute approximate surface area is 237 Å². The molecule has 2 amide bonds. The van der Waals surface area contributed by atoms with Crippen LogP contribution in [0.2, 0.25) is 0 Å². The van der Waals surface area contributed by atoms with Crippen molar-refractivity contribution in [3.05, 3.63) is 42.4 Å². The van der Waals surface area contributed by atoms with Crippen molar-refractivity contribution in [2.75, 3.05) is 44.0 Å². The molecule has 2 N–H and O–H groups in total. The van der Waals surface area contributed by atoms with Crippen molar-refractivity contribution in [2.24, 2.45) is 7.05 Å². The zero-order chi connectivity index (χ0) is 28.7. The molecular formula is C28H35N9O4. The van der Waals surface area contributed by atoms with Gasteiger partial charge in [-0.05, 0) is 12.5 Å². The summed E-state index contributed by atoms with van der Waals surface area (Å²) in [6.45, 7) is 9.08. The summed E-state index contributed by atoms with van der Waals surface area (Å²) >= 11 is 0. The van der Waals surface area contributed by atoms with E-state index in [0.717, 1.165) is 30.1 Å². The average molecular weight is 562 g/mol. The number of hydrogen-bond donors (Lipinski definition) is 2. The number of aryl methyl sites for hydroxylation is 1. The van der Waals surface area contributed by atoms with E-state index in [2.05, 4.69) is 57.1 Å². The summed E-state index contributed by atoms with van der Waals surface area (Å²) in [6.07, 6.45) is 4.23. The fourth-order valence-corrected chi connectivity index (χ4v) is 4.96. The molecule has 6 rings (SSSR count). The number of urea groups is 1. The van der Waals surface area contributed by atoms with Crippen molar-refractivity contribution < 1.29 is 19.0 Å². The quantitative estimate of drug-likeness (QED) is 0.340. The number of carbonyl (C=O) groups excluding carboxylic acids is 1. The molecule has 0 radical (unpaired) electrons. The van der Waals surface area contributed by atoms with Gasteiger partial charge in [-0.3, -0.25) is 10.00 Å². The van der Waals surface area contributed by atoms with Gasteiger partial charge in [0.1, 0.15) is 17.3 Å². The van der Waals surface area contributed by atoms with Crippen LogP contribution in [0.3, 0.4) is 0 Å². The first-order valence-corrected chi connectivity index (χ1v) is 13.7. The van der Waals surface area contributed by atoms with Crippen molar-refractivity contribution in [1.29, 1.82) is 0 Å². The standard InChI is InChI=1S/C28H35N9O4/c1-28(2,3)22-12-24(34-37(22)17-7-9-40-16-17)31-26-33-25-21(35(26)4)10-19(13-30-25)41-18-6-8-29-23(11-18)32-27(38)36-14-20(15-36)39-5/h6,8,10-13,17,20H,7,9,14-16H2,1-5H3,(H,29,32,38)(H,30,31,33,34). The highest BCUT2D eigenvalue weighted by Gasteiger charge is 2.31. The summed E-state index contributed by atoms with van der Waals surface area (Å²) in [5.41, 5.74) is 2.43. The van der Waals surface area contributed by atoms with E-state index in [0.29, 0.717) is 48.6 Å². The maximum absolute atomic E-state index is 12.4. The predicted molar refractivity (Wildman–Crippen MR) is 153 cm³/mol. The lowest BCUT2D eigenvalue weighted by molar-refractivity contribution is -0.00467. The maximum atomic E-state index is 12.4. The van der Waals surface area contributed by atoms with Crippen LogP contribution in [0.5, 0.6) is 11.5 Å². The highest BCUT2D eigenvalue weighted by atomic mass is 16.5. The normalized spacial score (nSPS) is 17.6. The van der Waals surface area contributed by atoms with Crippen molar-refractivity contribution in [3.8, 4) is 11.5 Å². The van der Waals surface area contributed by atoms with Crippen LogP contribution < -0.4 is 15.4 Å². The number of methoxy groups -OCH3 is 1. The second kappa shape index (κ2) is 10.6. The number of nitrogens with one attached hydrogen (secondary N) is 2. The number of nitrogens with zero attached hydrogens (tertiary/aromatic N) is 7. The zero-order valence-corrected chi connectivity index (χ0v) is 23.9. The largest absolute Gasteiger partial charge is 0.455 e. The smallest absolute Gasteiger partial charge is 0.323 e. The molecule has 4 aromatic heterocycles. The number of hydrogen-bond acceptors (Lipinski definition) is 9. The Morgan fingerprint density at radius 3 is 2.68 bits per heavy atom. The molecule has 1 unspecified atom stereocenters. The molecule has 0 aliphatic carbocycles. The van der Waals surface area contributed by atoms with Crippen molar-refractivity contribution in [2.45, 2.75) is 44.8 Å². The number of imidazole rings is 1. The van der Waals surface area contributed by atoms with Crippen LogP contribution in [0.15, 0.2) is 36.7 Å². The Morgan fingerprint density at radius 1 is 1.12 bits per heavy atom. The number of rotatable bonds is 7. The maximum Gasteiger partial charge on any atom is 0.323 e. The van der Waals surface area contributed by atoms with Crippen molar-refractivity contribution >= 4 is 34.8 Å². The fraction of sp³-hybridized carbons (Fsp3) is 0.464. The van der Waals surface area contributed by atoms with Gasteiger partial charge < -0.3 is 29.0 Å². The molecule has 1 atom stereocenters. The summed E-state index contributed by atoms with van der Waals surface area (Å²) in [6, 6.07) is 7.35. The Kier molecular flexibility index (Phi) is 6.99. The molecule has 41 heavy (non-hydrogen) atoms. The van der Waals surface area contributed by atoms with Crippen LogP contribution in [0.1, 0.15) is 38.9 Å². The van der Waals surface area contributed by atoms with Gasteiger partial charge in [0.15, 0.2) is 11.5 Å². The van der Waals surface area contributed by atoms with Gasteiger partial charge in [-0.1, -0.05) is 20.8 Å². The van der Waals surface area contributed by atoms with Gasteiger partial charge in [-0.2, -0.15) is 10.1 Å². The highest BCUT2D eigenvalue weighted by molar-refractivity contribution is 5.89. The van der Waals surface area contributed by atoms with Crippen molar-refractivity contribution in [1.82, 2.24) is 34.2 Å². The molecule has 0 aromatic carbocycles. The van der Waals surface area contributed by atoms with Gasteiger partial charge in [-0.15, -0.1) is 0 Å². The summed E-state index contributed by atoms with van der Waals surface area (Å²) < 4.78 is 20.9. The molecule has 0 bridgehead atoms. The molecule has 6 heterocycles. The lowest BCUT2D eigenvalue weighted by Crippen LogP contribution is -2.55. The number of carbonyl (C=O) groups is 1. The number of amides is 2. The van der Waals surface area contributed by atoms with Crippen molar-refractivity contribution in [3.63, 3.8) is 0 Å². The van der Waals surface area contributed by atoms with E-state index in [4.69, 9.17) is 19.3 Å². The van der Waals surface area contributed by atoms with Crippen LogP contribution in [0, 0.1) is 0 Å². The molecule has 4 aromatic rings. The molecule has 2 aliphatic rings. The molecule has 13 heteroatoms. The van der Waals surface area contributed by atoms with Gasteiger partial charge in [-0.25, -0.2) is 14.8 Å². The minimum atomic E-state index is -0.225. The Morgan fingerprint density at radius 2 is 1.95 bits per heavy atom. The van der Waals surface area contributed by atoms with E-state index in [1.807, 2.05) is 17.7 Å². The lowest BCUT2D eigenvalue weighted by atomic mass is 9.91. The van der Waals surface area contributed by atoms with E-state index in [1.54, 1.807) is 36.5 Å². The van der Waals surface area contributed by atoms with Gasteiger partial charge >= 0.3 is 6.03 Å². The summed E-state index contributed by atoms with van der Waals surface area (Å²) in [5, 5.41) is 11.1. The van der Waals surface area contributed by atoms with E-state index < -0.39 is 0 Å². The Bertz CT molecular complexity index is 1560. The van der Waals surface area contributed by atoms with E-state index in [-0.39, 0.29) is 23.6 Å². The third kappa shape index (κ3) is 5.55. The Balaban J connectivity index is 1.18. The third-order valence-electron chi connectivity index (χ3n) is 7.38. The molecule has 216 valence electrons. The summed E-state index contributed by atoms with van der Waals surface area (Å²) in [5.74, 6) is 2.79. The van der Waals surface area contributed by atoms with Gasteiger partial charge in [0, 0.05) is 56.3 Å².